The SMILES string of the molecule is CC(c1ccc(CC(F)(F)CC(F)(F)CC(F)(F)CC(F)(F)F)cc1)c1ccc(CC(F)(F)CC(F)(F)CC(F)(F)CC(F)(F)F)cc1. The van der Waals surface area contributed by atoms with Crippen molar-refractivity contribution < 1.29 is 79.0 Å². The van der Waals surface area contributed by atoms with Gasteiger partial charge in [-0.05, 0) is 22.3 Å². The monoisotopic (exact) mass is 730 g/mol. The lowest BCUT2D eigenvalue weighted by Gasteiger charge is -2.27. The van der Waals surface area contributed by atoms with E-state index in [0.29, 0.717) is 11.1 Å². The van der Waals surface area contributed by atoms with Gasteiger partial charge in [0.2, 0.25) is 0 Å². The fraction of sp³-hybridized carbons (Fsp3) is 0.600. The van der Waals surface area contributed by atoms with Gasteiger partial charge in [0, 0.05) is 18.8 Å². The van der Waals surface area contributed by atoms with Crippen molar-refractivity contribution in [1.29, 1.82) is 0 Å². The van der Waals surface area contributed by atoms with Gasteiger partial charge in [-0.15, -0.1) is 0 Å². The Morgan fingerprint density at radius 3 is 0.833 bits per heavy atom. The molecular weight excluding hydrogens is 702 g/mol. The Balaban J connectivity index is 2.03. The molecule has 0 spiro atoms. The molecule has 2 aromatic rings. The third kappa shape index (κ3) is 15.2. The first-order chi connectivity index (χ1) is 21.3. The lowest BCUT2D eigenvalue weighted by atomic mass is 9.90. The highest BCUT2D eigenvalue weighted by atomic mass is 19.4. The molecule has 0 bridgehead atoms. The largest absolute Gasteiger partial charge is 0.394 e. The molecule has 0 radical (unpaired) electrons. The molecule has 0 saturated heterocycles. The number of hydrogen-bond donors (Lipinski definition) is 0. The zero-order valence-electron chi connectivity index (χ0n) is 24.7. The van der Waals surface area contributed by atoms with Crippen LogP contribution in [0, 0.1) is 0 Å². The van der Waals surface area contributed by atoms with Crippen LogP contribution >= 0.6 is 0 Å². The molecule has 0 aromatic heterocycles. The molecule has 0 heterocycles. The fourth-order valence-corrected chi connectivity index (χ4v) is 5.11. The number of hydrogen-bond acceptors (Lipinski definition) is 0. The molecule has 2 aromatic carbocycles. The second kappa shape index (κ2) is 14.2. The predicted octanol–water partition coefficient (Wildman–Crippen LogP) is 12.2. The van der Waals surface area contributed by atoms with Crippen LogP contribution < -0.4 is 0 Å². The molecule has 2 rings (SSSR count). The van der Waals surface area contributed by atoms with Crippen LogP contribution in [0.15, 0.2) is 48.5 Å². The van der Waals surface area contributed by atoms with Gasteiger partial charge in [0.15, 0.2) is 0 Å². The van der Waals surface area contributed by atoms with Crippen molar-refractivity contribution in [3.63, 3.8) is 0 Å². The number of rotatable bonds is 16. The summed E-state index contributed by atoms with van der Waals surface area (Å²) in [6, 6.07) is 9.48. The molecule has 0 amide bonds. The van der Waals surface area contributed by atoms with E-state index in [9.17, 15) is 79.0 Å². The minimum Gasteiger partial charge on any atom is -0.206 e. The minimum absolute atomic E-state index is 0.237. The van der Waals surface area contributed by atoms with Crippen molar-refractivity contribution >= 4 is 0 Å². The molecule has 0 N–H and O–H groups in total. The summed E-state index contributed by atoms with van der Waals surface area (Å²) < 4.78 is 239. The van der Waals surface area contributed by atoms with Gasteiger partial charge in [-0.25, -0.2) is 52.7 Å². The molecule has 0 aliphatic rings. The minimum atomic E-state index is -5.50. The third-order valence-electron chi connectivity index (χ3n) is 6.87. The molecule has 0 atom stereocenters. The molecule has 18 heteroatoms. The van der Waals surface area contributed by atoms with E-state index < -0.39 is 105 Å². The summed E-state index contributed by atoms with van der Waals surface area (Å²) >= 11 is 0. The van der Waals surface area contributed by atoms with Crippen molar-refractivity contribution in [2.45, 2.75) is 112 Å². The van der Waals surface area contributed by atoms with Crippen LogP contribution in [-0.2, 0) is 12.8 Å². The average molecular weight is 731 g/mol. The van der Waals surface area contributed by atoms with E-state index in [0.717, 1.165) is 24.3 Å². The normalized spacial score (nSPS) is 14.6. The van der Waals surface area contributed by atoms with Crippen molar-refractivity contribution in [3.05, 3.63) is 70.8 Å². The van der Waals surface area contributed by atoms with Gasteiger partial charge in [-0.2, -0.15) is 26.3 Å². The van der Waals surface area contributed by atoms with Crippen molar-refractivity contribution in [2.24, 2.45) is 0 Å². The third-order valence-corrected chi connectivity index (χ3v) is 6.87. The Bertz CT molecular complexity index is 1200. The molecule has 274 valence electrons. The summed E-state index contributed by atoms with van der Waals surface area (Å²) in [5.74, 6) is -28.8. The van der Waals surface area contributed by atoms with Crippen LogP contribution in [0.25, 0.3) is 0 Å². The quantitative estimate of drug-likeness (QED) is 0.151. The van der Waals surface area contributed by atoms with E-state index in [1.807, 2.05) is 0 Å². The van der Waals surface area contributed by atoms with E-state index in [1.54, 1.807) is 6.92 Å². The maximum atomic E-state index is 14.3. The summed E-state index contributed by atoms with van der Waals surface area (Å²) in [6.07, 6.45) is -29.9. The van der Waals surface area contributed by atoms with Crippen LogP contribution in [0.3, 0.4) is 0 Å². The number of alkyl halides is 18. The summed E-state index contributed by atoms with van der Waals surface area (Å²) in [6.45, 7) is 1.57. The smallest absolute Gasteiger partial charge is 0.206 e. The average Bonchev–Trinajstić information content (AvgIpc) is 2.77. The van der Waals surface area contributed by atoms with Gasteiger partial charge >= 0.3 is 12.4 Å². The first kappa shape index (κ1) is 41.4. The summed E-state index contributed by atoms with van der Waals surface area (Å²) in [4.78, 5) is 0. The van der Waals surface area contributed by atoms with Crippen molar-refractivity contribution in [1.82, 2.24) is 0 Å². The standard InChI is InChI=1S/C30H28F18/c1-18(21-6-2-19(3-7-21)10-23(31,32)12-25(35,36)14-27(39,40)16-29(43,44)45)22-8-4-20(5-9-22)11-24(33,34)13-26(37,38)15-28(41,42)17-30(46,47)48/h2-9,18H,10-17H2,1H3. The zero-order chi connectivity index (χ0) is 37.2. The molecule has 0 unspecified atom stereocenters. The molecule has 0 saturated carbocycles. The van der Waals surface area contributed by atoms with Crippen LogP contribution in [0.5, 0.6) is 0 Å². The van der Waals surface area contributed by atoms with E-state index >= 15 is 0 Å². The lowest BCUT2D eigenvalue weighted by molar-refractivity contribution is -0.215. The first-order valence-corrected chi connectivity index (χ1v) is 13.9. The van der Waals surface area contributed by atoms with Crippen LogP contribution in [0.2, 0.25) is 0 Å². The maximum Gasteiger partial charge on any atom is 0.394 e. The summed E-state index contributed by atoms with van der Waals surface area (Å²) in [5.41, 5.74) is 0.354. The lowest BCUT2D eigenvalue weighted by Crippen LogP contribution is -2.38. The maximum absolute atomic E-state index is 14.3. The molecule has 0 aliphatic heterocycles. The van der Waals surface area contributed by atoms with Gasteiger partial charge in [-0.1, -0.05) is 55.5 Å². The van der Waals surface area contributed by atoms with Crippen LogP contribution in [0.1, 0.15) is 73.6 Å². The van der Waals surface area contributed by atoms with Crippen molar-refractivity contribution in [3.8, 4) is 0 Å². The van der Waals surface area contributed by atoms with E-state index in [4.69, 9.17) is 0 Å². The molecule has 48 heavy (non-hydrogen) atoms. The van der Waals surface area contributed by atoms with Gasteiger partial charge in [0.25, 0.3) is 35.5 Å². The fourth-order valence-electron chi connectivity index (χ4n) is 5.11. The van der Waals surface area contributed by atoms with E-state index in [2.05, 4.69) is 0 Å². The van der Waals surface area contributed by atoms with Gasteiger partial charge < -0.3 is 0 Å². The Morgan fingerprint density at radius 2 is 0.583 bits per heavy atom. The van der Waals surface area contributed by atoms with E-state index in [1.165, 1.54) is 24.3 Å². The highest BCUT2D eigenvalue weighted by molar-refractivity contribution is 5.35. The topological polar surface area (TPSA) is 0 Å². The molecule has 0 fully saturated rings. The molecular formula is C30H28F18. The van der Waals surface area contributed by atoms with E-state index in [-0.39, 0.29) is 11.1 Å². The highest BCUT2D eigenvalue weighted by Crippen LogP contribution is 2.45. The number of halogens is 18. The highest BCUT2D eigenvalue weighted by Gasteiger charge is 2.54. The van der Waals surface area contributed by atoms with Gasteiger partial charge in [-0.3, -0.25) is 0 Å². The second-order valence-electron chi connectivity index (χ2n) is 12.0. The number of benzene rings is 2. The van der Waals surface area contributed by atoms with Gasteiger partial charge in [0.05, 0.1) is 25.7 Å². The Kier molecular flexibility index (Phi) is 12.2. The summed E-state index contributed by atoms with van der Waals surface area (Å²) in [7, 11) is 0. The molecule has 0 aliphatic carbocycles. The molecule has 0 nitrogen and oxygen atoms in total. The summed E-state index contributed by atoms with van der Waals surface area (Å²) in [5, 5.41) is 0. The van der Waals surface area contributed by atoms with Crippen LogP contribution in [0.4, 0.5) is 79.0 Å². The van der Waals surface area contributed by atoms with Gasteiger partial charge in [0.1, 0.15) is 12.8 Å². The Morgan fingerprint density at radius 1 is 0.354 bits per heavy atom. The zero-order valence-corrected chi connectivity index (χ0v) is 24.7. The van der Waals surface area contributed by atoms with Crippen molar-refractivity contribution in [2.75, 3.05) is 0 Å². The Hall–Kier alpha value is -2.82. The first-order valence-electron chi connectivity index (χ1n) is 13.9. The Labute approximate surface area is 262 Å². The predicted molar refractivity (Wildman–Crippen MR) is 137 cm³/mol. The van der Waals surface area contributed by atoms with Crippen LogP contribution in [-0.4, -0.2) is 47.9 Å². The second-order valence-corrected chi connectivity index (χ2v) is 12.0.